The van der Waals surface area contributed by atoms with Gasteiger partial charge < -0.3 is 15.2 Å². The second-order valence-electron chi connectivity index (χ2n) is 5.38. The molecule has 110 valence electrons. The number of amides is 1. The van der Waals surface area contributed by atoms with E-state index in [4.69, 9.17) is 5.73 Å². The van der Waals surface area contributed by atoms with Gasteiger partial charge in [0.25, 0.3) is 5.91 Å². The quantitative estimate of drug-likeness (QED) is 0.941. The van der Waals surface area contributed by atoms with Crippen molar-refractivity contribution < 1.29 is 4.79 Å². The molecule has 3 rings (SSSR count). The van der Waals surface area contributed by atoms with Crippen molar-refractivity contribution in [3.05, 3.63) is 48.0 Å². The molecule has 0 aliphatic carbocycles. The van der Waals surface area contributed by atoms with Gasteiger partial charge in [0.05, 0.1) is 11.7 Å². The minimum atomic E-state index is 0.0628. The maximum Gasteiger partial charge on any atom is 0.271 e. The lowest BCUT2D eigenvalue weighted by atomic mass is 10.1. The van der Waals surface area contributed by atoms with Crippen LogP contribution in [0.3, 0.4) is 0 Å². The van der Waals surface area contributed by atoms with Crippen LogP contribution in [-0.2, 0) is 6.54 Å². The number of hydrogen-bond donors (Lipinski definition) is 1. The molecule has 0 bridgehead atoms. The first-order valence-corrected chi connectivity index (χ1v) is 7.37. The summed E-state index contributed by atoms with van der Waals surface area (Å²) in [5.74, 6) is 0.0628. The van der Waals surface area contributed by atoms with Gasteiger partial charge in [-0.3, -0.25) is 9.78 Å². The molecule has 1 amide bonds. The Kier molecular flexibility index (Phi) is 3.64. The van der Waals surface area contributed by atoms with Crippen LogP contribution >= 0.6 is 0 Å². The van der Waals surface area contributed by atoms with Gasteiger partial charge in [-0.1, -0.05) is 0 Å². The van der Waals surface area contributed by atoms with Gasteiger partial charge in [-0.05, 0) is 43.5 Å². The summed E-state index contributed by atoms with van der Waals surface area (Å²) in [6, 6.07) is 5.89. The lowest BCUT2D eigenvalue weighted by molar-refractivity contribution is 0.0724. The molecule has 1 fully saturated rings. The van der Waals surface area contributed by atoms with Crippen molar-refractivity contribution in [2.45, 2.75) is 32.4 Å². The molecule has 1 saturated heterocycles. The fourth-order valence-corrected chi connectivity index (χ4v) is 3.06. The molecule has 1 atom stereocenters. The number of anilines is 1. The van der Waals surface area contributed by atoms with Gasteiger partial charge in [-0.2, -0.15) is 0 Å². The van der Waals surface area contributed by atoms with Crippen LogP contribution in [0.15, 0.2) is 36.8 Å². The number of nitrogens with two attached hydrogens (primary N) is 1. The number of pyridine rings is 1. The van der Waals surface area contributed by atoms with E-state index in [2.05, 4.69) is 4.98 Å². The standard InChI is InChI=1S/C16H20N4O/c1-2-19-11-13(17)10-15(19)16(21)20-9-3-4-14(20)12-5-7-18-8-6-12/h5-8,10-11,14H,2-4,9,17H2,1H3. The Morgan fingerprint density at radius 1 is 1.43 bits per heavy atom. The first kappa shape index (κ1) is 13.7. The summed E-state index contributed by atoms with van der Waals surface area (Å²) < 4.78 is 1.92. The van der Waals surface area contributed by atoms with Crippen molar-refractivity contribution >= 4 is 11.6 Å². The van der Waals surface area contributed by atoms with Gasteiger partial charge in [-0.15, -0.1) is 0 Å². The molecular formula is C16H20N4O. The molecular weight excluding hydrogens is 264 g/mol. The Morgan fingerprint density at radius 2 is 2.19 bits per heavy atom. The van der Waals surface area contributed by atoms with Crippen LogP contribution < -0.4 is 5.73 Å². The molecule has 0 radical (unpaired) electrons. The molecule has 2 N–H and O–H groups in total. The molecule has 2 aromatic heterocycles. The molecule has 5 nitrogen and oxygen atoms in total. The van der Waals surface area contributed by atoms with E-state index in [1.165, 1.54) is 0 Å². The van der Waals surface area contributed by atoms with Crippen LogP contribution in [0.4, 0.5) is 5.69 Å². The smallest absolute Gasteiger partial charge is 0.271 e. The third-order valence-corrected chi connectivity index (χ3v) is 4.08. The molecule has 0 aromatic carbocycles. The van der Waals surface area contributed by atoms with E-state index >= 15 is 0 Å². The normalized spacial score (nSPS) is 18.1. The number of nitrogen functional groups attached to an aromatic ring is 1. The fourth-order valence-electron chi connectivity index (χ4n) is 3.06. The van der Waals surface area contributed by atoms with Crippen molar-refractivity contribution in [2.24, 2.45) is 0 Å². The Morgan fingerprint density at radius 3 is 2.90 bits per heavy atom. The maximum absolute atomic E-state index is 12.9. The average molecular weight is 284 g/mol. The predicted molar refractivity (Wildman–Crippen MR) is 81.8 cm³/mol. The van der Waals surface area contributed by atoms with Crippen LogP contribution in [0.2, 0.25) is 0 Å². The lowest BCUT2D eigenvalue weighted by Crippen LogP contribution is -2.32. The van der Waals surface area contributed by atoms with Gasteiger partial charge in [0.1, 0.15) is 5.69 Å². The van der Waals surface area contributed by atoms with E-state index in [-0.39, 0.29) is 11.9 Å². The largest absolute Gasteiger partial charge is 0.397 e. The zero-order valence-electron chi connectivity index (χ0n) is 12.2. The van der Waals surface area contributed by atoms with Crippen LogP contribution in [0.5, 0.6) is 0 Å². The Labute approximate surface area is 124 Å². The van der Waals surface area contributed by atoms with Gasteiger partial charge >= 0.3 is 0 Å². The summed E-state index contributed by atoms with van der Waals surface area (Å²) in [5, 5.41) is 0. The Bertz CT molecular complexity index is 635. The zero-order valence-corrected chi connectivity index (χ0v) is 12.2. The molecule has 1 aliphatic rings. The van der Waals surface area contributed by atoms with Crippen molar-refractivity contribution in [1.82, 2.24) is 14.5 Å². The lowest BCUT2D eigenvalue weighted by Gasteiger charge is -2.25. The van der Waals surface area contributed by atoms with Crippen LogP contribution in [0.25, 0.3) is 0 Å². The third-order valence-electron chi connectivity index (χ3n) is 4.08. The third kappa shape index (κ3) is 2.51. The van der Waals surface area contributed by atoms with E-state index in [1.807, 2.05) is 34.7 Å². The highest BCUT2D eigenvalue weighted by Crippen LogP contribution is 2.33. The molecule has 3 heterocycles. The van der Waals surface area contributed by atoms with Crippen molar-refractivity contribution in [1.29, 1.82) is 0 Å². The molecule has 0 spiro atoms. The van der Waals surface area contributed by atoms with E-state index in [0.717, 1.165) is 31.5 Å². The summed E-state index contributed by atoms with van der Waals surface area (Å²) in [5.41, 5.74) is 8.30. The van der Waals surface area contributed by atoms with Gasteiger partial charge in [0, 0.05) is 31.7 Å². The number of nitrogens with zero attached hydrogens (tertiary/aromatic N) is 3. The van der Waals surface area contributed by atoms with Gasteiger partial charge in [0.15, 0.2) is 0 Å². The van der Waals surface area contributed by atoms with E-state index < -0.39 is 0 Å². The van der Waals surface area contributed by atoms with E-state index in [9.17, 15) is 4.79 Å². The number of likely N-dealkylation sites (tertiary alicyclic amines) is 1. The van der Waals surface area contributed by atoms with Crippen molar-refractivity contribution in [3.63, 3.8) is 0 Å². The number of rotatable bonds is 3. The highest BCUT2D eigenvalue weighted by Gasteiger charge is 2.31. The highest BCUT2D eigenvalue weighted by atomic mass is 16.2. The van der Waals surface area contributed by atoms with Gasteiger partial charge in [0.2, 0.25) is 0 Å². The summed E-state index contributed by atoms with van der Waals surface area (Å²) in [7, 11) is 0. The minimum Gasteiger partial charge on any atom is -0.397 e. The fraction of sp³-hybridized carbons (Fsp3) is 0.375. The molecule has 0 saturated carbocycles. The minimum absolute atomic E-state index is 0.0628. The average Bonchev–Trinajstić information content (AvgIpc) is 3.13. The second-order valence-corrected chi connectivity index (χ2v) is 5.38. The first-order chi connectivity index (χ1) is 10.2. The highest BCUT2D eigenvalue weighted by molar-refractivity contribution is 5.94. The van der Waals surface area contributed by atoms with Crippen LogP contribution in [-0.4, -0.2) is 26.9 Å². The number of aromatic nitrogens is 2. The number of aryl methyl sites for hydroxylation is 1. The second kappa shape index (κ2) is 5.60. The van der Waals surface area contributed by atoms with Crippen LogP contribution in [0, 0.1) is 0 Å². The summed E-state index contributed by atoms with van der Waals surface area (Å²) in [4.78, 5) is 18.9. The monoisotopic (exact) mass is 284 g/mol. The molecule has 2 aromatic rings. The summed E-state index contributed by atoms with van der Waals surface area (Å²) in [6.45, 7) is 3.55. The summed E-state index contributed by atoms with van der Waals surface area (Å²) >= 11 is 0. The molecule has 1 aliphatic heterocycles. The van der Waals surface area contributed by atoms with E-state index in [0.29, 0.717) is 11.4 Å². The SMILES string of the molecule is CCn1cc(N)cc1C(=O)N1CCCC1c1ccncc1. The Hall–Kier alpha value is -2.30. The number of carbonyl (C=O) groups is 1. The van der Waals surface area contributed by atoms with E-state index in [1.54, 1.807) is 18.5 Å². The van der Waals surface area contributed by atoms with Gasteiger partial charge in [-0.25, -0.2) is 0 Å². The zero-order chi connectivity index (χ0) is 14.8. The molecule has 21 heavy (non-hydrogen) atoms. The predicted octanol–water partition coefficient (Wildman–Crippen LogP) is 2.46. The molecule has 1 unspecified atom stereocenters. The molecule has 5 heteroatoms. The topological polar surface area (TPSA) is 64.2 Å². The maximum atomic E-state index is 12.9. The van der Waals surface area contributed by atoms with Crippen molar-refractivity contribution in [2.75, 3.05) is 12.3 Å². The number of hydrogen-bond acceptors (Lipinski definition) is 3. The summed E-state index contributed by atoms with van der Waals surface area (Å²) in [6.07, 6.45) is 7.41. The van der Waals surface area contributed by atoms with Crippen LogP contribution in [0.1, 0.15) is 41.9 Å². The Balaban J connectivity index is 1.90. The van der Waals surface area contributed by atoms with Crippen molar-refractivity contribution in [3.8, 4) is 0 Å². The first-order valence-electron chi connectivity index (χ1n) is 7.37. The number of carbonyl (C=O) groups excluding carboxylic acids is 1.